The fraction of sp³-hybridized carbons (Fsp3) is 0.909. The highest BCUT2D eigenvalue weighted by Crippen LogP contribution is 2.24. The van der Waals surface area contributed by atoms with E-state index in [-0.39, 0.29) is 17.5 Å². The van der Waals surface area contributed by atoms with E-state index in [4.69, 9.17) is 15.7 Å². The minimum absolute atomic E-state index is 0.0494. The highest BCUT2D eigenvalue weighted by atomic mass is 16.5. The van der Waals surface area contributed by atoms with Crippen LogP contribution < -0.4 is 11.1 Å². The number of amidine groups is 1. The molecular weight excluding hydrogens is 206 g/mol. The van der Waals surface area contributed by atoms with Crippen molar-refractivity contribution in [1.29, 1.82) is 0 Å². The van der Waals surface area contributed by atoms with Crippen molar-refractivity contribution in [3.05, 3.63) is 0 Å². The standard InChI is InChI=1S/C11H23N3O2/c1-8(6-10(12)14-15)13-9-4-5-16-11(2,3)7-9/h8-9,13,15H,4-7H2,1-3H3,(H2,12,14). The lowest BCUT2D eigenvalue weighted by molar-refractivity contribution is -0.0638. The average Bonchev–Trinajstić information content (AvgIpc) is 2.15. The molecule has 1 rings (SSSR count). The lowest BCUT2D eigenvalue weighted by atomic mass is 9.93. The minimum Gasteiger partial charge on any atom is -0.409 e. The van der Waals surface area contributed by atoms with Crippen molar-refractivity contribution in [2.45, 2.75) is 57.7 Å². The molecule has 0 amide bonds. The summed E-state index contributed by atoms with van der Waals surface area (Å²) in [6, 6.07) is 0.667. The molecule has 0 aliphatic carbocycles. The second-order valence-electron chi connectivity index (χ2n) is 5.16. The van der Waals surface area contributed by atoms with Gasteiger partial charge < -0.3 is 21.0 Å². The summed E-state index contributed by atoms with van der Waals surface area (Å²) in [6.07, 6.45) is 2.58. The van der Waals surface area contributed by atoms with Gasteiger partial charge in [0.25, 0.3) is 0 Å². The molecule has 1 aliphatic heterocycles. The van der Waals surface area contributed by atoms with Gasteiger partial charge in [-0.25, -0.2) is 0 Å². The maximum Gasteiger partial charge on any atom is 0.140 e. The predicted molar refractivity (Wildman–Crippen MR) is 63.7 cm³/mol. The normalized spacial score (nSPS) is 27.7. The van der Waals surface area contributed by atoms with Gasteiger partial charge in [0, 0.05) is 25.1 Å². The molecule has 1 heterocycles. The smallest absolute Gasteiger partial charge is 0.140 e. The number of hydrogen-bond donors (Lipinski definition) is 3. The summed E-state index contributed by atoms with van der Waals surface area (Å²) >= 11 is 0. The number of nitrogens with one attached hydrogen (secondary N) is 1. The Balaban J connectivity index is 2.36. The van der Waals surface area contributed by atoms with Crippen molar-refractivity contribution in [2.24, 2.45) is 10.9 Å². The van der Waals surface area contributed by atoms with Crippen LogP contribution in [-0.2, 0) is 4.74 Å². The molecule has 0 radical (unpaired) electrons. The summed E-state index contributed by atoms with van der Waals surface area (Å²) in [7, 11) is 0. The Labute approximate surface area is 97.0 Å². The van der Waals surface area contributed by atoms with Crippen LogP contribution in [0.15, 0.2) is 5.16 Å². The first-order valence-electron chi connectivity index (χ1n) is 5.79. The molecule has 0 saturated carbocycles. The molecule has 0 aromatic heterocycles. The monoisotopic (exact) mass is 229 g/mol. The molecule has 2 unspecified atom stereocenters. The third kappa shape index (κ3) is 4.37. The van der Waals surface area contributed by atoms with Gasteiger partial charge >= 0.3 is 0 Å². The van der Waals surface area contributed by atoms with Crippen LogP contribution in [0.3, 0.4) is 0 Å². The molecule has 1 saturated heterocycles. The molecular formula is C11H23N3O2. The van der Waals surface area contributed by atoms with E-state index < -0.39 is 0 Å². The third-order valence-corrected chi connectivity index (χ3v) is 2.86. The van der Waals surface area contributed by atoms with Crippen molar-refractivity contribution >= 4 is 5.84 Å². The van der Waals surface area contributed by atoms with E-state index in [0.29, 0.717) is 12.5 Å². The largest absolute Gasteiger partial charge is 0.409 e. The van der Waals surface area contributed by atoms with Gasteiger partial charge in [0.2, 0.25) is 0 Å². The number of hydrogen-bond acceptors (Lipinski definition) is 4. The van der Waals surface area contributed by atoms with Gasteiger partial charge in [-0.15, -0.1) is 0 Å². The van der Waals surface area contributed by atoms with Crippen LogP contribution in [0.1, 0.15) is 40.0 Å². The van der Waals surface area contributed by atoms with E-state index in [1.807, 2.05) is 6.92 Å². The predicted octanol–water partition coefficient (Wildman–Crippen LogP) is 1.06. The highest BCUT2D eigenvalue weighted by molar-refractivity contribution is 5.80. The molecule has 94 valence electrons. The fourth-order valence-electron chi connectivity index (χ4n) is 2.19. The van der Waals surface area contributed by atoms with Gasteiger partial charge in [-0.3, -0.25) is 0 Å². The van der Waals surface area contributed by atoms with Gasteiger partial charge in [0.05, 0.1) is 5.60 Å². The second kappa shape index (κ2) is 5.50. The zero-order chi connectivity index (χ0) is 12.2. The second-order valence-corrected chi connectivity index (χ2v) is 5.16. The molecule has 0 spiro atoms. The quantitative estimate of drug-likeness (QED) is 0.291. The van der Waals surface area contributed by atoms with Crippen LogP contribution >= 0.6 is 0 Å². The highest BCUT2D eigenvalue weighted by Gasteiger charge is 2.29. The van der Waals surface area contributed by atoms with E-state index in [0.717, 1.165) is 19.4 Å². The summed E-state index contributed by atoms with van der Waals surface area (Å²) in [5.41, 5.74) is 5.42. The van der Waals surface area contributed by atoms with Gasteiger partial charge in [-0.05, 0) is 33.6 Å². The first kappa shape index (κ1) is 13.3. The van der Waals surface area contributed by atoms with Crippen molar-refractivity contribution in [2.75, 3.05) is 6.61 Å². The zero-order valence-corrected chi connectivity index (χ0v) is 10.4. The van der Waals surface area contributed by atoms with E-state index in [2.05, 4.69) is 24.3 Å². The van der Waals surface area contributed by atoms with Gasteiger partial charge in [0.1, 0.15) is 5.84 Å². The van der Waals surface area contributed by atoms with Crippen molar-refractivity contribution in [3.8, 4) is 0 Å². The van der Waals surface area contributed by atoms with Crippen LogP contribution in [0.4, 0.5) is 0 Å². The Kier molecular flexibility index (Phi) is 4.56. The van der Waals surface area contributed by atoms with Gasteiger partial charge in [-0.2, -0.15) is 0 Å². The summed E-state index contributed by atoms with van der Waals surface area (Å²) in [5, 5.41) is 15.0. The van der Waals surface area contributed by atoms with E-state index in [9.17, 15) is 0 Å². The fourth-order valence-corrected chi connectivity index (χ4v) is 2.19. The molecule has 1 aliphatic rings. The number of nitrogens with two attached hydrogens (primary N) is 1. The van der Waals surface area contributed by atoms with Crippen LogP contribution in [-0.4, -0.2) is 35.3 Å². The van der Waals surface area contributed by atoms with Crippen molar-refractivity contribution < 1.29 is 9.94 Å². The SMILES string of the molecule is CC(CC(N)=NO)NC1CCOC(C)(C)C1. The Bertz CT molecular complexity index is 254. The molecule has 1 fully saturated rings. The number of ether oxygens (including phenoxy) is 1. The summed E-state index contributed by atoms with van der Waals surface area (Å²) in [5.74, 6) is 0.270. The molecule has 5 heteroatoms. The van der Waals surface area contributed by atoms with Crippen LogP contribution in [0.25, 0.3) is 0 Å². The van der Waals surface area contributed by atoms with Crippen molar-refractivity contribution in [3.63, 3.8) is 0 Å². The van der Waals surface area contributed by atoms with E-state index in [1.54, 1.807) is 0 Å². The Hall–Kier alpha value is -0.810. The summed E-state index contributed by atoms with van der Waals surface area (Å²) in [4.78, 5) is 0. The molecule has 2 atom stereocenters. The number of nitrogens with zero attached hydrogens (tertiary/aromatic N) is 1. The van der Waals surface area contributed by atoms with Crippen LogP contribution in [0.5, 0.6) is 0 Å². The topological polar surface area (TPSA) is 79.9 Å². The lowest BCUT2D eigenvalue weighted by Gasteiger charge is -2.37. The molecule has 0 aromatic carbocycles. The van der Waals surface area contributed by atoms with Gasteiger partial charge in [-0.1, -0.05) is 5.16 Å². The van der Waals surface area contributed by atoms with Crippen molar-refractivity contribution in [1.82, 2.24) is 5.32 Å². The van der Waals surface area contributed by atoms with Crippen LogP contribution in [0, 0.1) is 0 Å². The van der Waals surface area contributed by atoms with Gasteiger partial charge in [0.15, 0.2) is 0 Å². The Morgan fingerprint density at radius 1 is 1.69 bits per heavy atom. The third-order valence-electron chi connectivity index (χ3n) is 2.86. The van der Waals surface area contributed by atoms with E-state index >= 15 is 0 Å². The summed E-state index contributed by atoms with van der Waals surface area (Å²) < 4.78 is 5.65. The molecule has 4 N–H and O–H groups in total. The first-order valence-corrected chi connectivity index (χ1v) is 5.79. The maximum absolute atomic E-state index is 8.49. The average molecular weight is 229 g/mol. The Morgan fingerprint density at radius 3 is 2.94 bits per heavy atom. The Morgan fingerprint density at radius 2 is 2.38 bits per heavy atom. The molecule has 0 aromatic rings. The van der Waals surface area contributed by atoms with E-state index in [1.165, 1.54) is 0 Å². The minimum atomic E-state index is -0.0494. The zero-order valence-electron chi connectivity index (χ0n) is 10.4. The number of rotatable bonds is 4. The maximum atomic E-state index is 8.49. The molecule has 0 bridgehead atoms. The first-order chi connectivity index (χ1) is 7.43. The lowest BCUT2D eigenvalue weighted by Crippen LogP contribution is -2.47. The molecule has 5 nitrogen and oxygen atoms in total. The molecule has 16 heavy (non-hydrogen) atoms. The van der Waals surface area contributed by atoms with Crippen LogP contribution in [0.2, 0.25) is 0 Å². The summed E-state index contributed by atoms with van der Waals surface area (Å²) in [6.45, 7) is 7.05. The number of oxime groups is 1.